The number of aliphatic imine (C=N–C) groups is 1. The Labute approximate surface area is 182 Å². The smallest absolute Gasteiger partial charge is 0.191 e. The fourth-order valence-electron chi connectivity index (χ4n) is 3.09. The van der Waals surface area contributed by atoms with E-state index in [4.69, 9.17) is 19.2 Å². The molecule has 1 aliphatic rings. The first kappa shape index (κ1) is 24.4. The summed E-state index contributed by atoms with van der Waals surface area (Å²) in [6.07, 6.45) is 0.957. The summed E-state index contributed by atoms with van der Waals surface area (Å²) < 4.78 is 17.1. The molecule has 0 aliphatic carbocycles. The second kappa shape index (κ2) is 15.0. The maximum Gasteiger partial charge on any atom is 0.191 e. The van der Waals surface area contributed by atoms with E-state index in [9.17, 15) is 0 Å². The maximum atomic E-state index is 6.07. The molecule has 0 aromatic heterocycles. The fourth-order valence-corrected chi connectivity index (χ4v) is 3.09. The summed E-state index contributed by atoms with van der Waals surface area (Å²) in [7, 11) is 0. The van der Waals surface area contributed by atoms with Crippen molar-refractivity contribution in [1.82, 2.24) is 15.5 Å². The number of nitrogens with zero attached hydrogens (tertiary/aromatic N) is 2. The van der Waals surface area contributed by atoms with Gasteiger partial charge in [0.15, 0.2) is 5.96 Å². The van der Waals surface area contributed by atoms with Gasteiger partial charge in [0.25, 0.3) is 0 Å². The van der Waals surface area contributed by atoms with Crippen molar-refractivity contribution in [2.45, 2.75) is 33.7 Å². The first-order valence-corrected chi connectivity index (χ1v) is 11.3. The number of para-hydroxylation sites is 1. The summed E-state index contributed by atoms with van der Waals surface area (Å²) >= 11 is 0. The molecule has 0 bridgehead atoms. The van der Waals surface area contributed by atoms with Crippen LogP contribution in [0.5, 0.6) is 5.75 Å². The van der Waals surface area contributed by atoms with Crippen molar-refractivity contribution < 1.29 is 14.2 Å². The molecule has 1 saturated heterocycles. The summed E-state index contributed by atoms with van der Waals surface area (Å²) in [4.78, 5) is 7.11. The van der Waals surface area contributed by atoms with Crippen LogP contribution >= 0.6 is 0 Å². The third-order valence-corrected chi connectivity index (χ3v) is 4.70. The van der Waals surface area contributed by atoms with E-state index in [0.717, 1.165) is 82.8 Å². The average molecular weight is 421 g/mol. The SMILES string of the molecule is CCNC(=NCc1ccccc1OCCN1CCOCC1)NCCCOCC(C)C. The van der Waals surface area contributed by atoms with Crippen molar-refractivity contribution in [1.29, 1.82) is 0 Å². The molecular weight excluding hydrogens is 380 g/mol. The lowest BCUT2D eigenvalue weighted by Crippen LogP contribution is -2.38. The topological polar surface area (TPSA) is 67.4 Å². The Morgan fingerprint density at radius 2 is 1.97 bits per heavy atom. The summed E-state index contributed by atoms with van der Waals surface area (Å²) in [5.74, 6) is 2.31. The van der Waals surface area contributed by atoms with Crippen LogP contribution in [0.1, 0.15) is 32.8 Å². The van der Waals surface area contributed by atoms with Gasteiger partial charge in [-0.25, -0.2) is 4.99 Å². The first-order valence-electron chi connectivity index (χ1n) is 11.3. The molecule has 1 aromatic rings. The third-order valence-electron chi connectivity index (χ3n) is 4.70. The molecule has 0 saturated carbocycles. The van der Waals surface area contributed by atoms with Crippen molar-refractivity contribution >= 4 is 5.96 Å². The number of hydrogen-bond acceptors (Lipinski definition) is 5. The largest absolute Gasteiger partial charge is 0.492 e. The fraction of sp³-hybridized carbons (Fsp3) is 0.696. The molecule has 0 radical (unpaired) electrons. The van der Waals surface area contributed by atoms with Gasteiger partial charge in [0, 0.05) is 51.5 Å². The number of hydrogen-bond donors (Lipinski definition) is 2. The predicted octanol–water partition coefficient (Wildman–Crippen LogP) is 2.52. The van der Waals surface area contributed by atoms with E-state index < -0.39 is 0 Å². The zero-order chi connectivity index (χ0) is 21.4. The van der Waals surface area contributed by atoms with Crippen LogP contribution in [0.4, 0.5) is 0 Å². The van der Waals surface area contributed by atoms with E-state index in [1.807, 2.05) is 18.2 Å². The molecule has 0 atom stereocenters. The Balaban J connectivity index is 1.78. The van der Waals surface area contributed by atoms with Gasteiger partial charge in [0.05, 0.1) is 19.8 Å². The van der Waals surface area contributed by atoms with E-state index in [1.165, 1.54) is 0 Å². The molecule has 7 nitrogen and oxygen atoms in total. The van der Waals surface area contributed by atoms with E-state index in [-0.39, 0.29) is 0 Å². The number of morpholine rings is 1. The molecule has 2 rings (SSSR count). The van der Waals surface area contributed by atoms with Crippen LogP contribution in [0, 0.1) is 5.92 Å². The Morgan fingerprint density at radius 3 is 2.73 bits per heavy atom. The molecule has 1 fully saturated rings. The van der Waals surface area contributed by atoms with Crippen LogP contribution < -0.4 is 15.4 Å². The van der Waals surface area contributed by atoms with Crippen LogP contribution in [0.2, 0.25) is 0 Å². The van der Waals surface area contributed by atoms with Gasteiger partial charge < -0.3 is 24.8 Å². The van der Waals surface area contributed by atoms with Gasteiger partial charge >= 0.3 is 0 Å². The highest BCUT2D eigenvalue weighted by atomic mass is 16.5. The number of nitrogens with one attached hydrogen (secondary N) is 2. The van der Waals surface area contributed by atoms with Gasteiger partial charge in [-0.2, -0.15) is 0 Å². The average Bonchev–Trinajstić information content (AvgIpc) is 2.75. The summed E-state index contributed by atoms with van der Waals surface area (Å²) in [6.45, 7) is 15.4. The number of benzene rings is 1. The highest BCUT2D eigenvalue weighted by molar-refractivity contribution is 5.79. The number of ether oxygens (including phenoxy) is 3. The van der Waals surface area contributed by atoms with Gasteiger partial charge in [-0.3, -0.25) is 4.90 Å². The van der Waals surface area contributed by atoms with Crippen LogP contribution in [-0.4, -0.2) is 76.6 Å². The molecule has 1 aromatic carbocycles. The van der Waals surface area contributed by atoms with Crippen molar-refractivity contribution in [2.24, 2.45) is 10.9 Å². The van der Waals surface area contributed by atoms with Crippen molar-refractivity contribution in [3.05, 3.63) is 29.8 Å². The minimum atomic E-state index is 0.576. The van der Waals surface area contributed by atoms with Crippen LogP contribution in [0.3, 0.4) is 0 Å². The molecular formula is C23H40N4O3. The van der Waals surface area contributed by atoms with Gasteiger partial charge in [-0.05, 0) is 25.3 Å². The Morgan fingerprint density at radius 1 is 1.17 bits per heavy atom. The van der Waals surface area contributed by atoms with Gasteiger partial charge in [-0.1, -0.05) is 32.0 Å². The molecule has 30 heavy (non-hydrogen) atoms. The van der Waals surface area contributed by atoms with E-state index in [2.05, 4.69) is 42.4 Å². The maximum absolute atomic E-state index is 6.07. The molecule has 0 spiro atoms. The van der Waals surface area contributed by atoms with Gasteiger partial charge in [0.2, 0.25) is 0 Å². The summed E-state index contributed by atoms with van der Waals surface area (Å²) in [5.41, 5.74) is 1.09. The molecule has 7 heteroatoms. The summed E-state index contributed by atoms with van der Waals surface area (Å²) in [5, 5.41) is 6.69. The third kappa shape index (κ3) is 10.3. The molecule has 1 heterocycles. The Kier molecular flexibility index (Phi) is 12.3. The zero-order valence-electron chi connectivity index (χ0n) is 19.0. The Hall–Kier alpha value is -1.83. The first-order chi connectivity index (χ1) is 14.7. The zero-order valence-corrected chi connectivity index (χ0v) is 19.0. The standard InChI is InChI=1S/C23H40N4O3/c1-4-24-23(25-10-7-14-29-19-20(2)3)26-18-21-8-5-6-9-22(21)30-17-13-27-11-15-28-16-12-27/h5-6,8-9,20H,4,7,10-19H2,1-3H3,(H2,24,25,26). The highest BCUT2D eigenvalue weighted by Gasteiger charge is 2.10. The monoisotopic (exact) mass is 420 g/mol. The second-order valence-corrected chi connectivity index (χ2v) is 7.85. The second-order valence-electron chi connectivity index (χ2n) is 7.85. The molecule has 0 amide bonds. The van der Waals surface area contributed by atoms with E-state index in [1.54, 1.807) is 0 Å². The lowest BCUT2D eigenvalue weighted by Gasteiger charge is -2.26. The Bertz CT molecular complexity index is 604. The van der Waals surface area contributed by atoms with Crippen molar-refractivity contribution in [3.63, 3.8) is 0 Å². The molecule has 2 N–H and O–H groups in total. The normalized spacial score (nSPS) is 15.4. The number of rotatable bonds is 13. The number of guanidine groups is 1. The lowest BCUT2D eigenvalue weighted by atomic mass is 10.2. The lowest BCUT2D eigenvalue weighted by molar-refractivity contribution is 0.0322. The molecule has 1 aliphatic heterocycles. The van der Waals surface area contributed by atoms with Crippen molar-refractivity contribution in [2.75, 3.05) is 65.8 Å². The molecule has 0 unspecified atom stereocenters. The summed E-state index contributed by atoms with van der Waals surface area (Å²) in [6, 6.07) is 8.15. The predicted molar refractivity (Wildman–Crippen MR) is 122 cm³/mol. The van der Waals surface area contributed by atoms with Crippen LogP contribution in [0.15, 0.2) is 29.3 Å². The van der Waals surface area contributed by atoms with Crippen LogP contribution in [-0.2, 0) is 16.0 Å². The van der Waals surface area contributed by atoms with Gasteiger partial charge in [0.1, 0.15) is 12.4 Å². The highest BCUT2D eigenvalue weighted by Crippen LogP contribution is 2.19. The van der Waals surface area contributed by atoms with E-state index in [0.29, 0.717) is 19.1 Å². The van der Waals surface area contributed by atoms with Crippen LogP contribution in [0.25, 0.3) is 0 Å². The molecule has 170 valence electrons. The minimum Gasteiger partial charge on any atom is -0.492 e. The minimum absolute atomic E-state index is 0.576. The van der Waals surface area contributed by atoms with Gasteiger partial charge in [-0.15, -0.1) is 0 Å². The van der Waals surface area contributed by atoms with E-state index >= 15 is 0 Å². The quantitative estimate of drug-likeness (QED) is 0.290. The van der Waals surface area contributed by atoms with Crippen molar-refractivity contribution in [3.8, 4) is 5.75 Å².